The number of alkyl halides is 2. The van der Waals surface area contributed by atoms with Gasteiger partial charge in [-0.2, -0.15) is 8.78 Å². The van der Waals surface area contributed by atoms with Gasteiger partial charge in [0.1, 0.15) is 5.82 Å². The minimum Gasteiger partial charge on any atom is -0.432 e. The lowest BCUT2D eigenvalue weighted by Gasteiger charge is -2.16. The van der Waals surface area contributed by atoms with Gasteiger partial charge in [-0.3, -0.25) is 0 Å². The molecule has 21 heavy (non-hydrogen) atoms. The Labute approximate surface area is 119 Å². The number of rotatable bonds is 5. The Kier molecular flexibility index (Phi) is 4.67. The van der Waals surface area contributed by atoms with Crippen molar-refractivity contribution in [3.63, 3.8) is 0 Å². The Balaban J connectivity index is 2.11. The minimum absolute atomic E-state index is 0.276. The van der Waals surface area contributed by atoms with Crippen LogP contribution < -0.4 is 10.1 Å². The average Bonchev–Trinajstić information content (AvgIpc) is 2.41. The summed E-state index contributed by atoms with van der Waals surface area (Å²) in [4.78, 5) is 0. The first kappa shape index (κ1) is 15.2. The maximum absolute atomic E-state index is 13.6. The van der Waals surface area contributed by atoms with Crippen LogP contribution in [0.5, 0.6) is 5.75 Å². The zero-order valence-corrected chi connectivity index (χ0v) is 11.1. The van der Waals surface area contributed by atoms with Crippen LogP contribution in [-0.4, -0.2) is 6.61 Å². The highest BCUT2D eigenvalue weighted by Gasteiger charge is 2.12. The molecule has 0 radical (unpaired) electrons. The summed E-state index contributed by atoms with van der Waals surface area (Å²) >= 11 is 0. The summed E-state index contributed by atoms with van der Waals surface area (Å²) in [7, 11) is 0. The van der Waals surface area contributed by atoms with Gasteiger partial charge < -0.3 is 10.1 Å². The lowest BCUT2D eigenvalue weighted by atomic mass is 10.1. The van der Waals surface area contributed by atoms with Gasteiger partial charge in [-0.1, -0.05) is 12.1 Å². The van der Waals surface area contributed by atoms with Crippen molar-refractivity contribution in [1.82, 2.24) is 0 Å². The molecule has 0 bridgehead atoms. The predicted molar refractivity (Wildman–Crippen MR) is 71.5 cm³/mol. The summed E-state index contributed by atoms with van der Waals surface area (Å²) in [5, 5.41) is 2.96. The number of benzene rings is 2. The third-order valence-electron chi connectivity index (χ3n) is 2.88. The first-order valence-electron chi connectivity index (χ1n) is 6.22. The first-order valence-corrected chi connectivity index (χ1v) is 6.22. The molecule has 1 N–H and O–H groups in total. The molecular weight excluding hydrogens is 286 g/mol. The van der Waals surface area contributed by atoms with Crippen LogP contribution in [0.4, 0.5) is 23.2 Å². The Hall–Kier alpha value is -2.24. The fourth-order valence-corrected chi connectivity index (χ4v) is 1.89. The van der Waals surface area contributed by atoms with E-state index in [1.54, 1.807) is 19.1 Å². The van der Waals surface area contributed by atoms with E-state index in [4.69, 9.17) is 0 Å². The van der Waals surface area contributed by atoms with Gasteiger partial charge >= 0.3 is 6.61 Å². The maximum atomic E-state index is 13.6. The molecular formula is C15H13F4NO. The van der Waals surface area contributed by atoms with Gasteiger partial charge in [0.15, 0.2) is 11.6 Å². The largest absolute Gasteiger partial charge is 0.432 e. The van der Waals surface area contributed by atoms with Crippen LogP contribution in [0.25, 0.3) is 0 Å². The average molecular weight is 299 g/mol. The van der Waals surface area contributed by atoms with Crippen molar-refractivity contribution in [2.24, 2.45) is 0 Å². The van der Waals surface area contributed by atoms with Gasteiger partial charge in [0, 0.05) is 17.8 Å². The molecule has 0 spiro atoms. The Bertz CT molecular complexity index is 618. The number of nitrogens with one attached hydrogen (secondary N) is 1. The number of ether oxygens (including phenoxy) is 1. The van der Waals surface area contributed by atoms with Gasteiger partial charge in [0.2, 0.25) is 0 Å². The number of hydrogen-bond donors (Lipinski definition) is 1. The van der Waals surface area contributed by atoms with Crippen molar-refractivity contribution in [3.8, 4) is 5.75 Å². The normalized spacial score (nSPS) is 12.3. The molecule has 112 valence electrons. The molecule has 2 aromatic carbocycles. The van der Waals surface area contributed by atoms with Crippen LogP contribution in [0.15, 0.2) is 42.5 Å². The van der Waals surface area contributed by atoms with E-state index >= 15 is 0 Å². The van der Waals surface area contributed by atoms with Gasteiger partial charge in [0.05, 0.1) is 0 Å². The molecule has 0 heterocycles. The molecule has 2 nitrogen and oxygen atoms in total. The van der Waals surface area contributed by atoms with Crippen molar-refractivity contribution in [2.75, 3.05) is 5.32 Å². The van der Waals surface area contributed by atoms with Gasteiger partial charge in [-0.25, -0.2) is 8.78 Å². The molecule has 2 rings (SSSR count). The molecule has 1 atom stereocenters. The Morgan fingerprint density at radius 2 is 1.81 bits per heavy atom. The first-order chi connectivity index (χ1) is 9.95. The van der Waals surface area contributed by atoms with Crippen molar-refractivity contribution in [3.05, 3.63) is 59.7 Å². The molecule has 0 aliphatic carbocycles. The second-order valence-corrected chi connectivity index (χ2v) is 4.44. The van der Waals surface area contributed by atoms with E-state index in [0.29, 0.717) is 11.3 Å². The molecule has 0 amide bonds. The van der Waals surface area contributed by atoms with Crippen LogP contribution in [0.2, 0.25) is 0 Å². The van der Waals surface area contributed by atoms with Crippen molar-refractivity contribution < 1.29 is 22.3 Å². The molecule has 0 aliphatic heterocycles. The molecule has 0 saturated carbocycles. The zero-order valence-electron chi connectivity index (χ0n) is 11.1. The summed E-state index contributed by atoms with van der Waals surface area (Å²) < 4.78 is 54.8. The highest BCUT2D eigenvalue weighted by molar-refractivity contribution is 5.49. The smallest absolute Gasteiger partial charge is 0.387 e. The van der Waals surface area contributed by atoms with E-state index in [9.17, 15) is 17.6 Å². The molecule has 6 heteroatoms. The summed E-state index contributed by atoms with van der Waals surface area (Å²) in [6.45, 7) is -1.31. The third-order valence-corrected chi connectivity index (χ3v) is 2.88. The summed E-state index contributed by atoms with van der Waals surface area (Å²) in [6, 6.07) is 9.29. The maximum Gasteiger partial charge on any atom is 0.387 e. The quantitative estimate of drug-likeness (QED) is 0.805. The standard InChI is InChI=1S/C15H13F4NO/c1-9(10-3-2-4-11(16)7-10)20-12-5-6-14(13(17)8-12)21-15(18)19/h2-9,15,20H,1H3. The van der Waals surface area contributed by atoms with Gasteiger partial charge in [0.25, 0.3) is 0 Å². The number of hydrogen-bond acceptors (Lipinski definition) is 2. The fraction of sp³-hybridized carbons (Fsp3) is 0.200. The van der Waals surface area contributed by atoms with E-state index in [0.717, 1.165) is 12.1 Å². The van der Waals surface area contributed by atoms with Crippen LogP contribution in [0, 0.1) is 11.6 Å². The summed E-state index contributed by atoms with van der Waals surface area (Å²) in [5.41, 5.74) is 1.06. The van der Waals surface area contributed by atoms with Gasteiger partial charge in [-0.05, 0) is 36.8 Å². The molecule has 0 aliphatic rings. The highest BCUT2D eigenvalue weighted by atomic mass is 19.3. The lowest BCUT2D eigenvalue weighted by molar-refractivity contribution is -0.0521. The Morgan fingerprint density at radius 3 is 2.43 bits per heavy atom. The second kappa shape index (κ2) is 6.47. The number of halogens is 4. The molecule has 0 fully saturated rings. The monoisotopic (exact) mass is 299 g/mol. The fourth-order valence-electron chi connectivity index (χ4n) is 1.89. The van der Waals surface area contributed by atoms with E-state index < -0.39 is 18.2 Å². The van der Waals surface area contributed by atoms with Crippen LogP contribution in [-0.2, 0) is 0 Å². The molecule has 0 aromatic heterocycles. The van der Waals surface area contributed by atoms with Crippen molar-refractivity contribution >= 4 is 5.69 Å². The lowest BCUT2D eigenvalue weighted by Crippen LogP contribution is -2.08. The highest BCUT2D eigenvalue weighted by Crippen LogP contribution is 2.25. The zero-order chi connectivity index (χ0) is 15.4. The van der Waals surface area contributed by atoms with Gasteiger partial charge in [-0.15, -0.1) is 0 Å². The van der Waals surface area contributed by atoms with Crippen LogP contribution in [0.1, 0.15) is 18.5 Å². The topological polar surface area (TPSA) is 21.3 Å². The molecule has 2 aromatic rings. The predicted octanol–water partition coefficient (Wildman–Crippen LogP) is 4.74. The van der Waals surface area contributed by atoms with Crippen LogP contribution in [0.3, 0.4) is 0 Å². The van der Waals surface area contributed by atoms with E-state index in [2.05, 4.69) is 10.1 Å². The SMILES string of the molecule is CC(Nc1ccc(OC(F)F)c(F)c1)c1cccc(F)c1. The Morgan fingerprint density at radius 1 is 1.05 bits per heavy atom. The summed E-state index contributed by atoms with van der Waals surface area (Å²) in [5.74, 6) is -1.78. The van der Waals surface area contributed by atoms with E-state index in [1.165, 1.54) is 18.2 Å². The van der Waals surface area contributed by atoms with E-state index in [1.807, 2.05) is 0 Å². The molecule has 1 unspecified atom stereocenters. The van der Waals surface area contributed by atoms with Crippen LogP contribution >= 0.6 is 0 Å². The van der Waals surface area contributed by atoms with Crippen molar-refractivity contribution in [1.29, 1.82) is 0 Å². The summed E-state index contributed by atoms with van der Waals surface area (Å²) in [6.07, 6.45) is 0. The minimum atomic E-state index is -3.08. The number of anilines is 1. The molecule has 0 saturated heterocycles. The van der Waals surface area contributed by atoms with E-state index in [-0.39, 0.29) is 11.9 Å². The second-order valence-electron chi connectivity index (χ2n) is 4.44. The van der Waals surface area contributed by atoms with Crippen molar-refractivity contribution in [2.45, 2.75) is 19.6 Å². The third kappa shape index (κ3) is 4.11.